The number of aromatic nitrogens is 3. The molecule has 0 saturated heterocycles. The van der Waals surface area contributed by atoms with Gasteiger partial charge in [-0.25, -0.2) is 0 Å². The summed E-state index contributed by atoms with van der Waals surface area (Å²) in [6.45, 7) is 1.91. The molecule has 1 amide bonds. The lowest BCUT2D eigenvalue weighted by Crippen LogP contribution is -1.86. The summed E-state index contributed by atoms with van der Waals surface area (Å²) in [6.07, 6.45) is 1.93. The number of hydrogen-bond acceptors (Lipinski definition) is 3. The van der Waals surface area contributed by atoms with Crippen molar-refractivity contribution in [3.8, 4) is 0 Å². The van der Waals surface area contributed by atoms with E-state index >= 15 is 0 Å². The van der Waals surface area contributed by atoms with Crippen LogP contribution in [0.25, 0.3) is 0 Å². The van der Waals surface area contributed by atoms with Crippen LogP contribution < -0.4 is 5.73 Å². The lowest BCUT2D eigenvalue weighted by molar-refractivity contribution is -0.106. The van der Waals surface area contributed by atoms with Crippen LogP contribution in [-0.2, 0) is 11.8 Å². The number of nitrogens with two attached hydrogens (primary N) is 1. The van der Waals surface area contributed by atoms with Crippen molar-refractivity contribution in [2.24, 2.45) is 12.8 Å². The van der Waals surface area contributed by atoms with Gasteiger partial charge in [0.1, 0.15) is 12.2 Å². The highest BCUT2D eigenvalue weighted by atomic mass is 16.1. The molecule has 0 saturated carbocycles. The first-order chi connectivity index (χ1) is 4.72. The molecule has 56 valence electrons. The molecule has 1 heterocycles. The van der Waals surface area contributed by atoms with Crippen LogP contribution in [0.4, 0.5) is 0 Å². The van der Waals surface area contributed by atoms with Crippen LogP contribution in [0.3, 0.4) is 0 Å². The summed E-state index contributed by atoms with van der Waals surface area (Å²) in [5, 5.41) is 7.36. The maximum Gasteiger partial charge on any atom is 0.204 e. The molecule has 1 aromatic heterocycles. The van der Waals surface area contributed by atoms with Gasteiger partial charge < -0.3 is 10.3 Å². The molecule has 10 heavy (non-hydrogen) atoms. The summed E-state index contributed by atoms with van der Waals surface area (Å²) in [6, 6.07) is 0. The van der Waals surface area contributed by atoms with Crippen LogP contribution in [-0.4, -0.2) is 21.2 Å². The summed E-state index contributed by atoms with van der Waals surface area (Å²) in [5.41, 5.74) is 4.17. The van der Waals surface area contributed by atoms with E-state index in [0.29, 0.717) is 0 Å². The molecule has 0 aromatic carbocycles. The van der Waals surface area contributed by atoms with Crippen LogP contribution in [0.5, 0.6) is 0 Å². The van der Waals surface area contributed by atoms with Crippen molar-refractivity contribution in [2.75, 3.05) is 0 Å². The average Bonchev–Trinajstić information content (AvgIpc) is 2.19. The number of carbonyl (C=O) groups excluding carboxylic acids is 1. The minimum absolute atomic E-state index is 0.250. The Labute approximate surface area is 58.9 Å². The fourth-order valence-corrected chi connectivity index (χ4v) is 0.341. The standard InChI is InChI=1S/C4H7N3.CH3NO/c1-4-6-5-3-7(4)2;2-1-3/h3H,1-2H3;1H,(H2,2,3). The molecule has 0 unspecified atom stereocenters. The van der Waals surface area contributed by atoms with Crippen molar-refractivity contribution in [3.05, 3.63) is 12.2 Å². The molecule has 5 heteroatoms. The second-order valence-electron chi connectivity index (χ2n) is 1.63. The van der Waals surface area contributed by atoms with Gasteiger partial charge in [-0.05, 0) is 6.92 Å². The predicted octanol–water partition coefficient (Wildman–Crippen LogP) is -0.775. The summed E-state index contributed by atoms with van der Waals surface area (Å²) in [7, 11) is 1.91. The van der Waals surface area contributed by atoms with Gasteiger partial charge in [0.25, 0.3) is 0 Å². The Morgan fingerprint density at radius 1 is 1.80 bits per heavy atom. The number of nitrogens with zero attached hydrogens (tertiary/aromatic N) is 3. The Morgan fingerprint density at radius 2 is 2.30 bits per heavy atom. The zero-order valence-electron chi connectivity index (χ0n) is 5.98. The van der Waals surface area contributed by atoms with E-state index in [-0.39, 0.29) is 6.41 Å². The third-order valence-electron chi connectivity index (χ3n) is 0.938. The number of amides is 1. The van der Waals surface area contributed by atoms with Crippen molar-refractivity contribution in [1.29, 1.82) is 0 Å². The van der Waals surface area contributed by atoms with Crippen molar-refractivity contribution in [1.82, 2.24) is 14.8 Å². The fraction of sp³-hybridized carbons (Fsp3) is 0.400. The summed E-state index contributed by atoms with van der Waals surface area (Å²) >= 11 is 0. The second-order valence-corrected chi connectivity index (χ2v) is 1.63. The number of primary amides is 1. The summed E-state index contributed by atoms with van der Waals surface area (Å²) in [4.78, 5) is 8.58. The number of hydrogen-bond donors (Lipinski definition) is 1. The van der Waals surface area contributed by atoms with Gasteiger partial charge in [-0.1, -0.05) is 0 Å². The highest BCUT2D eigenvalue weighted by Crippen LogP contribution is 1.82. The molecule has 1 aromatic rings. The molecule has 0 aliphatic carbocycles. The Hall–Kier alpha value is -1.39. The number of carbonyl (C=O) groups is 1. The van der Waals surface area contributed by atoms with Gasteiger partial charge in [-0.15, -0.1) is 10.2 Å². The topological polar surface area (TPSA) is 73.8 Å². The molecule has 0 bridgehead atoms. The molecule has 0 radical (unpaired) electrons. The number of rotatable bonds is 0. The SMILES string of the molecule is Cc1nncn1C.NC=O. The van der Waals surface area contributed by atoms with Crippen LogP contribution in [0.15, 0.2) is 6.33 Å². The van der Waals surface area contributed by atoms with Crippen molar-refractivity contribution in [3.63, 3.8) is 0 Å². The molecule has 0 aliphatic heterocycles. The number of aryl methyl sites for hydroxylation is 2. The van der Waals surface area contributed by atoms with E-state index in [4.69, 9.17) is 4.79 Å². The first-order valence-electron chi connectivity index (χ1n) is 2.68. The van der Waals surface area contributed by atoms with Crippen LogP contribution in [0.1, 0.15) is 5.82 Å². The molecular weight excluding hydrogens is 132 g/mol. The van der Waals surface area contributed by atoms with Gasteiger partial charge in [-0.2, -0.15) is 0 Å². The molecule has 0 fully saturated rings. The molecule has 2 N–H and O–H groups in total. The molecule has 0 aliphatic rings. The van der Waals surface area contributed by atoms with Gasteiger partial charge in [0.05, 0.1) is 0 Å². The van der Waals surface area contributed by atoms with E-state index in [9.17, 15) is 0 Å². The van der Waals surface area contributed by atoms with Crippen molar-refractivity contribution in [2.45, 2.75) is 6.92 Å². The normalized spacial score (nSPS) is 7.80. The van der Waals surface area contributed by atoms with Crippen LogP contribution in [0, 0.1) is 6.92 Å². The van der Waals surface area contributed by atoms with Gasteiger partial charge in [0, 0.05) is 7.05 Å². The molecular formula is C5H10N4O. The highest BCUT2D eigenvalue weighted by molar-refractivity contribution is 5.42. The lowest BCUT2D eigenvalue weighted by Gasteiger charge is -1.84. The summed E-state index contributed by atoms with van der Waals surface area (Å²) < 4.78 is 1.86. The smallest absolute Gasteiger partial charge is 0.204 e. The van der Waals surface area contributed by atoms with Gasteiger partial charge in [0.2, 0.25) is 6.41 Å². The minimum Gasteiger partial charge on any atom is -0.372 e. The van der Waals surface area contributed by atoms with Gasteiger partial charge >= 0.3 is 0 Å². The largest absolute Gasteiger partial charge is 0.372 e. The zero-order chi connectivity index (χ0) is 7.98. The molecule has 0 spiro atoms. The van der Waals surface area contributed by atoms with Crippen molar-refractivity contribution >= 4 is 6.41 Å². The third kappa shape index (κ3) is 2.81. The highest BCUT2D eigenvalue weighted by Gasteiger charge is 1.85. The van der Waals surface area contributed by atoms with Crippen LogP contribution in [0.2, 0.25) is 0 Å². The van der Waals surface area contributed by atoms with E-state index in [2.05, 4.69) is 15.9 Å². The van der Waals surface area contributed by atoms with E-state index in [0.717, 1.165) is 5.82 Å². The van der Waals surface area contributed by atoms with E-state index < -0.39 is 0 Å². The summed E-state index contributed by atoms with van der Waals surface area (Å²) in [5.74, 6) is 0.944. The van der Waals surface area contributed by atoms with Crippen LogP contribution >= 0.6 is 0 Å². The molecule has 1 rings (SSSR count). The van der Waals surface area contributed by atoms with E-state index in [1.165, 1.54) is 0 Å². The Balaban J connectivity index is 0.000000236. The van der Waals surface area contributed by atoms with E-state index in [1.54, 1.807) is 6.33 Å². The third-order valence-corrected chi connectivity index (χ3v) is 0.938. The Kier molecular flexibility index (Phi) is 3.86. The maximum absolute atomic E-state index is 8.58. The predicted molar refractivity (Wildman–Crippen MR) is 36.0 cm³/mol. The van der Waals surface area contributed by atoms with E-state index in [1.807, 2.05) is 18.5 Å². The molecule has 0 atom stereocenters. The first-order valence-corrected chi connectivity index (χ1v) is 2.68. The lowest BCUT2D eigenvalue weighted by atomic mass is 10.7. The Bertz CT molecular complexity index is 179. The maximum atomic E-state index is 8.58. The van der Waals surface area contributed by atoms with Gasteiger partial charge in [-0.3, -0.25) is 4.79 Å². The minimum atomic E-state index is 0.250. The Morgan fingerprint density at radius 3 is 2.40 bits per heavy atom. The van der Waals surface area contributed by atoms with Crippen molar-refractivity contribution < 1.29 is 4.79 Å². The average molecular weight is 142 g/mol. The van der Waals surface area contributed by atoms with Gasteiger partial charge in [0.15, 0.2) is 0 Å². The first kappa shape index (κ1) is 8.61. The fourth-order valence-electron chi connectivity index (χ4n) is 0.341. The second kappa shape index (κ2) is 4.49. The molecule has 5 nitrogen and oxygen atoms in total. The quantitative estimate of drug-likeness (QED) is 0.483. The monoisotopic (exact) mass is 142 g/mol. The zero-order valence-corrected chi connectivity index (χ0v) is 5.98.